The fourth-order valence-corrected chi connectivity index (χ4v) is 7.89. The van der Waals surface area contributed by atoms with E-state index in [-0.39, 0.29) is 11.1 Å². The van der Waals surface area contributed by atoms with Crippen LogP contribution >= 0.6 is 0 Å². The maximum Gasteiger partial charge on any atom is 0.266 e. The van der Waals surface area contributed by atoms with Crippen molar-refractivity contribution in [3.05, 3.63) is 233 Å². The average molecular weight is 734 g/mol. The minimum Gasteiger partial charge on any atom is -0.311 e. The Morgan fingerprint density at radius 3 is 1.26 bits per heavy atom. The van der Waals surface area contributed by atoms with Gasteiger partial charge in [-0.2, -0.15) is 0 Å². The van der Waals surface area contributed by atoms with E-state index in [2.05, 4.69) is 126 Å². The molecule has 5 heteroatoms. The fourth-order valence-electron chi connectivity index (χ4n) is 7.89. The Bertz CT molecular complexity index is 3090. The lowest BCUT2D eigenvalue weighted by molar-refractivity contribution is 0.977. The average Bonchev–Trinajstić information content (AvgIpc) is 3.28. The highest BCUT2D eigenvalue weighted by molar-refractivity contribution is 5.89. The van der Waals surface area contributed by atoms with Gasteiger partial charge >= 0.3 is 0 Å². The van der Waals surface area contributed by atoms with E-state index in [4.69, 9.17) is 0 Å². The van der Waals surface area contributed by atoms with Crippen molar-refractivity contribution >= 4 is 44.4 Å². The molecule has 0 aliphatic heterocycles. The van der Waals surface area contributed by atoms with E-state index in [1.165, 1.54) is 11.1 Å². The zero-order valence-electron chi connectivity index (χ0n) is 30.9. The molecule has 0 amide bonds. The van der Waals surface area contributed by atoms with E-state index in [0.717, 1.165) is 44.7 Å². The highest BCUT2D eigenvalue weighted by Crippen LogP contribution is 2.38. The van der Waals surface area contributed by atoms with Gasteiger partial charge in [-0.15, -0.1) is 0 Å². The Morgan fingerprint density at radius 1 is 0.351 bits per heavy atom. The van der Waals surface area contributed by atoms with Crippen LogP contribution in [0.3, 0.4) is 0 Å². The molecule has 0 unspecified atom stereocenters. The first-order valence-corrected chi connectivity index (χ1v) is 19.0. The van der Waals surface area contributed by atoms with Gasteiger partial charge in [0, 0.05) is 22.4 Å². The summed E-state index contributed by atoms with van der Waals surface area (Å²) in [6, 6.07) is 71.5. The molecular weight excluding hydrogens is 699 g/mol. The predicted molar refractivity (Wildman–Crippen MR) is 235 cm³/mol. The third-order valence-corrected chi connectivity index (χ3v) is 10.8. The van der Waals surface area contributed by atoms with Gasteiger partial charge in [-0.25, -0.2) is 0 Å². The molecule has 270 valence electrons. The first-order chi connectivity index (χ1) is 28.1. The molecule has 0 bridgehead atoms. The highest BCUT2D eigenvalue weighted by Gasteiger charge is 2.17. The van der Waals surface area contributed by atoms with Crippen molar-refractivity contribution in [3.63, 3.8) is 0 Å². The van der Waals surface area contributed by atoms with Gasteiger partial charge in [-0.3, -0.25) is 18.6 Å². The number of pyridine rings is 1. The van der Waals surface area contributed by atoms with Gasteiger partial charge in [0.1, 0.15) is 5.65 Å². The van der Waals surface area contributed by atoms with Crippen LogP contribution in [0, 0.1) is 0 Å². The Morgan fingerprint density at radius 2 is 0.754 bits per heavy atom. The molecule has 0 spiro atoms. The van der Waals surface area contributed by atoms with E-state index in [1.54, 1.807) is 15.0 Å². The lowest BCUT2D eigenvalue weighted by Crippen LogP contribution is -2.26. The van der Waals surface area contributed by atoms with E-state index in [9.17, 15) is 9.59 Å². The number of rotatable bonds is 7. The summed E-state index contributed by atoms with van der Waals surface area (Å²) in [6.45, 7) is 0. The summed E-state index contributed by atoms with van der Waals surface area (Å²) in [5.41, 5.74) is 11.3. The molecule has 2 aromatic heterocycles. The summed E-state index contributed by atoms with van der Waals surface area (Å²) >= 11 is 0. The summed E-state index contributed by atoms with van der Waals surface area (Å²) in [5, 5.41) is 1.88. The van der Waals surface area contributed by atoms with Crippen LogP contribution in [0.2, 0.25) is 0 Å². The molecule has 0 saturated carbocycles. The van der Waals surface area contributed by atoms with Gasteiger partial charge in [-0.05, 0) is 112 Å². The van der Waals surface area contributed by atoms with E-state index in [0.29, 0.717) is 27.6 Å². The second-order valence-electron chi connectivity index (χ2n) is 14.1. The second kappa shape index (κ2) is 14.1. The molecule has 0 saturated heterocycles. The summed E-state index contributed by atoms with van der Waals surface area (Å²) in [6.07, 6.45) is 0. The number of hydrogen-bond donors (Lipinski definition) is 0. The van der Waals surface area contributed by atoms with Crippen LogP contribution in [-0.2, 0) is 0 Å². The Labute approximate surface area is 329 Å². The van der Waals surface area contributed by atoms with Crippen LogP contribution in [0.15, 0.2) is 222 Å². The molecule has 2 heterocycles. The summed E-state index contributed by atoms with van der Waals surface area (Å²) < 4.78 is 3.30. The fraction of sp³-hybridized carbons (Fsp3) is 0. The van der Waals surface area contributed by atoms with E-state index < -0.39 is 0 Å². The number of aromatic nitrogens is 2. The SMILES string of the molecule is O=c1c2ccccc2n2c(=O)c3ccccc3cc2n1-c1ccc(-c2ccc(N(c3ccc(-c4ccccc4)cc3)c3ccc(-c4ccccc4)cc3)cc2)cc1. The number of anilines is 3. The van der Waals surface area contributed by atoms with Crippen LogP contribution in [0.4, 0.5) is 17.1 Å². The van der Waals surface area contributed by atoms with Crippen LogP contribution in [0.5, 0.6) is 0 Å². The molecule has 10 aromatic rings. The number of hydrogen-bond acceptors (Lipinski definition) is 3. The molecular formula is C52H35N3O2. The number of nitrogens with zero attached hydrogens (tertiary/aromatic N) is 3. The van der Waals surface area contributed by atoms with Gasteiger partial charge in [0.25, 0.3) is 11.1 Å². The van der Waals surface area contributed by atoms with Gasteiger partial charge in [-0.1, -0.05) is 140 Å². The minimum absolute atomic E-state index is 0.155. The van der Waals surface area contributed by atoms with Crippen LogP contribution in [0.25, 0.3) is 66.4 Å². The monoisotopic (exact) mass is 733 g/mol. The van der Waals surface area contributed by atoms with Crippen molar-refractivity contribution in [2.75, 3.05) is 4.90 Å². The molecule has 10 rings (SSSR count). The lowest BCUT2D eigenvalue weighted by Gasteiger charge is -2.26. The highest BCUT2D eigenvalue weighted by atomic mass is 16.1. The molecule has 0 radical (unpaired) electrons. The number of fused-ring (bicyclic) bond motifs is 4. The van der Waals surface area contributed by atoms with Crippen molar-refractivity contribution in [1.82, 2.24) is 8.97 Å². The van der Waals surface area contributed by atoms with Crippen LogP contribution < -0.4 is 16.0 Å². The lowest BCUT2D eigenvalue weighted by atomic mass is 10.0. The maximum absolute atomic E-state index is 14.1. The standard InChI is InChI=1S/C52H35N3O2/c56-51-47-16-8-7-15-42(47)35-50-54(52(57)48-17-9-10-18-49(48)55(50)51)46-33-25-41(26-34-46)40-23-31-45(32-24-40)53(43-27-19-38(20-28-43)36-11-3-1-4-12-36)44-29-21-39(22-30-44)37-13-5-2-6-14-37/h1-35H. The smallest absolute Gasteiger partial charge is 0.266 e. The van der Waals surface area contributed by atoms with Gasteiger partial charge in [0.2, 0.25) is 0 Å². The molecule has 8 aromatic carbocycles. The van der Waals surface area contributed by atoms with Crippen LogP contribution in [0.1, 0.15) is 0 Å². The van der Waals surface area contributed by atoms with Gasteiger partial charge in [0.05, 0.1) is 16.6 Å². The number of para-hydroxylation sites is 1. The Hall–Kier alpha value is -7.76. The third-order valence-electron chi connectivity index (χ3n) is 10.8. The summed E-state index contributed by atoms with van der Waals surface area (Å²) in [7, 11) is 0. The predicted octanol–water partition coefficient (Wildman–Crippen LogP) is 12.2. The number of benzene rings is 8. The molecule has 0 aliphatic carbocycles. The topological polar surface area (TPSA) is 46.7 Å². The molecule has 0 aliphatic rings. The first kappa shape index (κ1) is 33.8. The molecule has 0 fully saturated rings. The molecule has 5 nitrogen and oxygen atoms in total. The third kappa shape index (κ3) is 6.08. The van der Waals surface area contributed by atoms with Crippen LogP contribution in [-0.4, -0.2) is 8.97 Å². The van der Waals surface area contributed by atoms with Crippen molar-refractivity contribution in [2.45, 2.75) is 0 Å². The zero-order valence-corrected chi connectivity index (χ0v) is 30.9. The van der Waals surface area contributed by atoms with E-state index >= 15 is 0 Å². The van der Waals surface area contributed by atoms with E-state index in [1.807, 2.05) is 84.9 Å². The summed E-state index contributed by atoms with van der Waals surface area (Å²) in [5.74, 6) is 0. The normalized spacial score (nSPS) is 11.3. The zero-order chi connectivity index (χ0) is 38.3. The van der Waals surface area contributed by atoms with Gasteiger partial charge in [0.15, 0.2) is 0 Å². The summed E-state index contributed by atoms with van der Waals surface area (Å²) in [4.78, 5) is 30.3. The quantitative estimate of drug-likeness (QED) is 0.121. The van der Waals surface area contributed by atoms with Gasteiger partial charge < -0.3 is 4.90 Å². The minimum atomic E-state index is -0.175. The molecule has 0 atom stereocenters. The van der Waals surface area contributed by atoms with Crippen molar-refractivity contribution in [3.8, 4) is 39.1 Å². The van der Waals surface area contributed by atoms with Crippen molar-refractivity contribution < 1.29 is 0 Å². The second-order valence-corrected chi connectivity index (χ2v) is 14.1. The molecule has 0 N–H and O–H groups in total. The van der Waals surface area contributed by atoms with Crippen molar-refractivity contribution in [2.24, 2.45) is 0 Å². The largest absolute Gasteiger partial charge is 0.311 e. The Balaban J connectivity index is 1.02. The first-order valence-electron chi connectivity index (χ1n) is 19.0. The van der Waals surface area contributed by atoms with Crippen molar-refractivity contribution in [1.29, 1.82) is 0 Å². The molecule has 57 heavy (non-hydrogen) atoms. The maximum atomic E-state index is 14.1. The Kier molecular flexibility index (Phi) is 8.38.